The molecule has 4 aliphatic rings. The first kappa shape index (κ1) is 37.6. The number of allylic oxidation sites excluding steroid dienone is 1. The van der Waals surface area contributed by atoms with Crippen molar-refractivity contribution < 1.29 is 98.5 Å². The Hall–Kier alpha value is 1.44. The Labute approximate surface area is 285 Å². The van der Waals surface area contributed by atoms with Gasteiger partial charge in [0.25, 0.3) is 0 Å². The molecule has 0 saturated heterocycles. The number of hydrogen-bond donors (Lipinski definition) is 1. The van der Waals surface area contributed by atoms with Crippen LogP contribution in [0.1, 0.15) is 91.9 Å². The van der Waals surface area contributed by atoms with Crippen LogP contribution in [0.4, 0.5) is 0 Å². The van der Waals surface area contributed by atoms with Gasteiger partial charge in [0.2, 0.25) is 20.8 Å². The summed E-state index contributed by atoms with van der Waals surface area (Å²) in [7, 11) is -9.65. The zero-order chi connectivity index (χ0) is 28.1. The molecule has 40 heavy (non-hydrogen) atoms. The Morgan fingerprint density at radius 3 is 2.25 bits per heavy atom. The van der Waals surface area contributed by atoms with E-state index >= 15 is 0 Å². The number of rotatable bonds is 10. The van der Waals surface area contributed by atoms with Gasteiger partial charge in [0.05, 0.1) is 6.61 Å². The molecular formula is C27H44Na2O9S2. The SMILES string of the molecule is CC(C)CCC[C@@H](COS(=O)(=O)[O-])[C@H]1CC[C@H]2[C@@H]3CC=C4[C@@H](O)[C@@H](OS(=O)(=O)[O-])CC[C@]4(C)[C@H]3CC[C@]12C.[Na+].[Na+]. The zero-order valence-electron chi connectivity index (χ0n) is 25.0. The van der Waals surface area contributed by atoms with Crippen molar-refractivity contribution in [3.05, 3.63) is 11.6 Å². The van der Waals surface area contributed by atoms with Crippen molar-refractivity contribution in [1.29, 1.82) is 0 Å². The predicted octanol–water partition coefficient (Wildman–Crippen LogP) is -1.69. The summed E-state index contributed by atoms with van der Waals surface area (Å²) in [6.07, 6.45) is 8.45. The van der Waals surface area contributed by atoms with E-state index < -0.39 is 33.0 Å². The maximum Gasteiger partial charge on any atom is 1.00 e. The third-order valence-corrected chi connectivity index (χ3v) is 11.7. The van der Waals surface area contributed by atoms with Crippen molar-refractivity contribution in [3.8, 4) is 0 Å². The Morgan fingerprint density at radius 1 is 0.975 bits per heavy atom. The first-order valence-corrected chi connectivity index (χ1v) is 16.8. The minimum atomic E-state index is -4.90. The van der Waals surface area contributed by atoms with Crippen molar-refractivity contribution in [3.63, 3.8) is 0 Å². The molecule has 1 N–H and O–H groups in total. The molecule has 0 unspecified atom stereocenters. The molecule has 0 aromatic heterocycles. The smallest absolute Gasteiger partial charge is 0.726 e. The fourth-order valence-corrected chi connectivity index (χ4v) is 9.98. The molecule has 9 atom stereocenters. The topological polar surface area (TPSA) is 153 Å². The molecular weight excluding hydrogens is 578 g/mol. The number of hydrogen-bond acceptors (Lipinski definition) is 9. The Kier molecular flexibility index (Phi) is 13.4. The van der Waals surface area contributed by atoms with Crippen LogP contribution in [0.5, 0.6) is 0 Å². The molecule has 0 spiro atoms. The zero-order valence-corrected chi connectivity index (χ0v) is 30.6. The minimum absolute atomic E-state index is 0. The molecule has 0 amide bonds. The van der Waals surface area contributed by atoms with Crippen LogP contribution in [0.2, 0.25) is 0 Å². The van der Waals surface area contributed by atoms with Crippen molar-refractivity contribution >= 4 is 20.8 Å². The standard InChI is InChI=1S/C27H46O9S2.2Na/c1-17(2)6-5-7-18(16-35-37(29,30)31)20-10-11-21-19-8-9-23-25(28)24(36-38(32,33)34)13-15-27(23,4)22(19)12-14-26(20,21)3;;/h9,17-22,24-25,28H,5-8,10-16H2,1-4H3,(H,29,30,31)(H,32,33,34);;/q;2*+1/p-2/t18-,19-,20+,21-,22-,24-,25+,26+,27+;;/m0../s1. The van der Waals surface area contributed by atoms with Gasteiger partial charge in [0.1, 0.15) is 12.2 Å². The average molecular weight is 623 g/mol. The van der Waals surface area contributed by atoms with E-state index in [1.165, 1.54) is 0 Å². The van der Waals surface area contributed by atoms with E-state index in [-0.39, 0.29) is 88.4 Å². The second-order valence-corrected chi connectivity index (χ2v) is 15.3. The molecule has 0 aromatic carbocycles. The molecule has 3 fully saturated rings. The van der Waals surface area contributed by atoms with E-state index in [2.05, 4.69) is 38.0 Å². The van der Waals surface area contributed by atoms with E-state index in [1.54, 1.807) is 0 Å². The molecule has 4 aliphatic carbocycles. The van der Waals surface area contributed by atoms with Crippen LogP contribution in [0.15, 0.2) is 11.6 Å². The van der Waals surface area contributed by atoms with E-state index in [0.29, 0.717) is 36.5 Å². The van der Waals surface area contributed by atoms with Gasteiger partial charge >= 0.3 is 59.1 Å². The maximum absolute atomic E-state index is 11.3. The number of aliphatic hydroxyl groups excluding tert-OH is 1. The van der Waals surface area contributed by atoms with Gasteiger partial charge in [0.15, 0.2) is 0 Å². The van der Waals surface area contributed by atoms with E-state index in [1.807, 2.05) is 0 Å². The van der Waals surface area contributed by atoms with Gasteiger partial charge in [-0.2, -0.15) is 0 Å². The predicted molar refractivity (Wildman–Crippen MR) is 139 cm³/mol. The van der Waals surface area contributed by atoms with Gasteiger partial charge in [-0.25, -0.2) is 16.8 Å². The first-order chi connectivity index (χ1) is 17.6. The molecule has 3 saturated carbocycles. The van der Waals surface area contributed by atoms with Crippen LogP contribution in [0.3, 0.4) is 0 Å². The molecule has 220 valence electrons. The molecule has 0 aliphatic heterocycles. The molecule has 0 radical (unpaired) electrons. The van der Waals surface area contributed by atoms with Crippen LogP contribution in [0, 0.1) is 46.3 Å². The van der Waals surface area contributed by atoms with Crippen LogP contribution in [-0.2, 0) is 29.2 Å². The third kappa shape index (κ3) is 8.17. The first-order valence-electron chi connectivity index (χ1n) is 14.2. The summed E-state index contributed by atoms with van der Waals surface area (Å²) in [6, 6.07) is 0. The van der Waals surface area contributed by atoms with E-state index in [0.717, 1.165) is 56.9 Å². The van der Waals surface area contributed by atoms with Gasteiger partial charge in [-0.3, -0.25) is 8.37 Å². The van der Waals surface area contributed by atoms with Gasteiger partial charge in [-0.05, 0) is 103 Å². The van der Waals surface area contributed by atoms with Crippen LogP contribution >= 0.6 is 0 Å². The van der Waals surface area contributed by atoms with Gasteiger partial charge in [0, 0.05) is 0 Å². The van der Waals surface area contributed by atoms with Crippen molar-refractivity contribution in [2.45, 2.75) is 104 Å². The maximum atomic E-state index is 11.3. The summed E-state index contributed by atoms with van der Waals surface area (Å²) in [5, 5.41) is 11.0. The molecule has 4 rings (SSSR count). The average Bonchev–Trinajstić information content (AvgIpc) is 3.14. The van der Waals surface area contributed by atoms with E-state index in [4.69, 9.17) is 4.18 Å². The summed E-state index contributed by atoms with van der Waals surface area (Å²) >= 11 is 0. The summed E-state index contributed by atoms with van der Waals surface area (Å²) in [5.41, 5.74) is 0.527. The second kappa shape index (κ2) is 14.3. The fourth-order valence-electron chi connectivity index (χ4n) is 9.13. The molecule has 0 aromatic rings. The van der Waals surface area contributed by atoms with Gasteiger partial charge < -0.3 is 14.2 Å². The normalized spacial score (nSPS) is 38.2. The molecule has 0 bridgehead atoms. The van der Waals surface area contributed by atoms with Crippen molar-refractivity contribution in [2.24, 2.45) is 46.3 Å². The Bertz CT molecular complexity index is 1110. The Balaban J connectivity index is 0.00000280. The van der Waals surface area contributed by atoms with Crippen LogP contribution < -0.4 is 59.1 Å². The summed E-state index contributed by atoms with van der Waals surface area (Å²) in [4.78, 5) is 0. The van der Waals surface area contributed by atoms with Crippen LogP contribution in [0.25, 0.3) is 0 Å². The largest absolute Gasteiger partial charge is 1.00 e. The quantitative estimate of drug-likeness (QED) is 0.130. The molecule has 13 heteroatoms. The van der Waals surface area contributed by atoms with E-state index in [9.17, 15) is 31.0 Å². The summed E-state index contributed by atoms with van der Waals surface area (Å²) in [5.74, 6) is 2.01. The minimum Gasteiger partial charge on any atom is -0.726 e. The summed E-state index contributed by atoms with van der Waals surface area (Å²) in [6.45, 7) is 8.79. The second-order valence-electron chi connectivity index (χ2n) is 13.2. The fraction of sp³-hybridized carbons (Fsp3) is 0.926. The third-order valence-electron chi connectivity index (χ3n) is 10.8. The number of aliphatic hydroxyl groups is 1. The molecule has 0 heterocycles. The van der Waals surface area contributed by atoms with Crippen molar-refractivity contribution in [1.82, 2.24) is 0 Å². The van der Waals surface area contributed by atoms with Crippen LogP contribution in [-0.4, -0.2) is 49.9 Å². The van der Waals surface area contributed by atoms with Gasteiger partial charge in [-0.1, -0.05) is 46.6 Å². The number of fused-ring (bicyclic) bond motifs is 5. The monoisotopic (exact) mass is 622 g/mol. The molecule has 9 nitrogen and oxygen atoms in total. The Morgan fingerprint density at radius 2 is 1.65 bits per heavy atom. The van der Waals surface area contributed by atoms with Crippen molar-refractivity contribution in [2.75, 3.05) is 6.61 Å². The van der Waals surface area contributed by atoms with Gasteiger partial charge in [-0.15, -0.1) is 0 Å². The summed E-state index contributed by atoms with van der Waals surface area (Å²) < 4.78 is 77.0.